The van der Waals surface area contributed by atoms with Gasteiger partial charge in [-0.2, -0.15) is 4.57 Å². The van der Waals surface area contributed by atoms with Crippen LogP contribution < -0.4 is 4.57 Å². The minimum atomic E-state index is 0.0844. The van der Waals surface area contributed by atoms with Gasteiger partial charge in [-0.3, -0.25) is 9.78 Å². The molecule has 0 spiro atoms. The zero-order valence-electron chi connectivity index (χ0n) is 12.8. The summed E-state index contributed by atoms with van der Waals surface area (Å²) < 4.78 is 2.95. The van der Waals surface area contributed by atoms with Gasteiger partial charge in [0, 0.05) is 33.8 Å². The number of benzene rings is 2. The fraction of sp³-hybridized carbons (Fsp3) is 0.0500. The SMILES string of the molecule is O=C(C[n+]1cccc2c3ncccc3ccc21)c1ccc(Br)cc1. The third-order valence-electron chi connectivity index (χ3n) is 4.11. The number of ketones is 1. The summed E-state index contributed by atoms with van der Waals surface area (Å²) in [4.78, 5) is 17.1. The van der Waals surface area contributed by atoms with Crippen LogP contribution in [0.3, 0.4) is 0 Å². The molecule has 0 fully saturated rings. The van der Waals surface area contributed by atoms with E-state index >= 15 is 0 Å². The summed E-state index contributed by atoms with van der Waals surface area (Å²) >= 11 is 3.39. The first-order valence-electron chi connectivity index (χ1n) is 7.67. The Balaban J connectivity index is 1.78. The second-order valence-electron chi connectivity index (χ2n) is 5.64. The van der Waals surface area contributed by atoms with Crippen molar-refractivity contribution in [2.75, 3.05) is 0 Å². The zero-order chi connectivity index (χ0) is 16.5. The molecule has 0 saturated carbocycles. The van der Waals surface area contributed by atoms with Gasteiger partial charge in [-0.05, 0) is 30.3 Å². The average molecular weight is 378 g/mol. The van der Waals surface area contributed by atoms with Crippen LogP contribution in [0.1, 0.15) is 10.4 Å². The maximum atomic E-state index is 12.6. The van der Waals surface area contributed by atoms with Gasteiger partial charge in [-0.1, -0.05) is 34.1 Å². The van der Waals surface area contributed by atoms with Gasteiger partial charge >= 0.3 is 0 Å². The number of rotatable bonds is 3. The predicted octanol–water partition coefficient (Wildman–Crippen LogP) is 4.32. The highest BCUT2D eigenvalue weighted by molar-refractivity contribution is 9.10. The number of aromatic nitrogens is 2. The Morgan fingerprint density at radius 3 is 2.67 bits per heavy atom. The van der Waals surface area contributed by atoms with Crippen molar-refractivity contribution >= 4 is 43.5 Å². The van der Waals surface area contributed by atoms with Gasteiger partial charge in [0.1, 0.15) is 0 Å². The Hall–Kier alpha value is -2.59. The molecule has 4 rings (SSSR count). The largest absolute Gasteiger partial charge is 0.287 e. The lowest BCUT2D eigenvalue weighted by molar-refractivity contribution is -0.657. The van der Waals surface area contributed by atoms with Crippen molar-refractivity contribution in [3.8, 4) is 0 Å². The number of pyridine rings is 2. The summed E-state index contributed by atoms with van der Waals surface area (Å²) in [6.07, 6.45) is 3.74. The lowest BCUT2D eigenvalue weighted by Gasteiger charge is -2.04. The summed E-state index contributed by atoms with van der Waals surface area (Å²) in [5, 5.41) is 2.15. The van der Waals surface area contributed by atoms with E-state index in [0.717, 1.165) is 26.3 Å². The number of fused-ring (bicyclic) bond motifs is 3. The molecule has 3 nitrogen and oxygen atoms in total. The molecule has 4 heteroatoms. The van der Waals surface area contributed by atoms with Crippen LogP contribution in [-0.2, 0) is 6.54 Å². The van der Waals surface area contributed by atoms with Gasteiger partial charge in [0.25, 0.3) is 0 Å². The van der Waals surface area contributed by atoms with Crippen LogP contribution in [0.5, 0.6) is 0 Å². The highest BCUT2D eigenvalue weighted by Crippen LogP contribution is 2.21. The van der Waals surface area contributed by atoms with Crippen molar-refractivity contribution in [2.45, 2.75) is 6.54 Å². The van der Waals surface area contributed by atoms with Gasteiger partial charge in [0.2, 0.25) is 17.8 Å². The summed E-state index contributed by atoms with van der Waals surface area (Å²) in [6.45, 7) is 0.303. The fourth-order valence-corrected chi connectivity index (χ4v) is 3.18. The van der Waals surface area contributed by atoms with E-state index in [1.165, 1.54) is 0 Å². The summed E-state index contributed by atoms with van der Waals surface area (Å²) in [7, 11) is 0. The van der Waals surface area contributed by atoms with Crippen LogP contribution in [0.25, 0.3) is 21.8 Å². The van der Waals surface area contributed by atoms with E-state index < -0.39 is 0 Å². The number of hydrogen-bond acceptors (Lipinski definition) is 2. The van der Waals surface area contributed by atoms with Crippen LogP contribution in [0.2, 0.25) is 0 Å². The zero-order valence-corrected chi connectivity index (χ0v) is 14.4. The second kappa shape index (κ2) is 6.13. The molecule has 0 bridgehead atoms. The van der Waals surface area contributed by atoms with E-state index in [1.807, 2.05) is 71.4 Å². The van der Waals surface area contributed by atoms with Crippen LogP contribution >= 0.6 is 15.9 Å². The molecule has 2 heterocycles. The Morgan fingerprint density at radius 1 is 1.00 bits per heavy atom. The average Bonchev–Trinajstić information content (AvgIpc) is 2.62. The van der Waals surface area contributed by atoms with Gasteiger partial charge < -0.3 is 0 Å². The number of hydrogen-bond donors (Lipinski definition) is 0. The molecule has 116 valence electrons. The van der Waals surface area contributed by atoms with Crippen LogP contribution in [0, 0.1) is 0 Å². The van der Waals surface area contributed by atoms with Crippen LogP contribution in [-0.4, -0.2) is 10.8 Å². The van der Waals surface area contributed by atoms with Crippen molar-refractivity contribution in [1.29, 1.82) is 0 Å². The van der Waals surface area contributed by atoms with Crippen LogP contribution in [0.15, 0.2) is 77.5 Å². The highest BCUT2D eigenvalue weighted by atomic mass is 79.9. The van der Waals surface area contributed by atoms with E-state index in [9.17, 15) is 4.79 Å². The molecule has 4 aromatic rings. The van der Waals surface area contributed by atoms with Crippen molar-refractivity contribution in [1.82, 2.24) is 4.98 Å². The van der Waals surface area contributed by atoms with Crippen LogP contribution in [0.4, 0.5) is 0 Å². The van der Waals surface area contributed by atoms with Gasteiger partial charge in [-0.15, -0.1) is 0 Å². The summed E-state index contributed by atoms with van der Waals surface area (Å²) in [6, 6.07) is 19.5. The van der Waals surface area contributed by atoms with Crippen molar-refractivity contribution in [2.24, 2.45) is 0 Å². The standard InChI is InChI=1S/C20H14BrN2O/c21-16-8-5-14(6-9-16)19(24)13-23-12-2-4-17-18(23)10-7-15-3-1-11-22-20(15)17/h1-12H,13H2/q+1. The predicted molar refractivity (Wildman–Crippen MR) is 97.9 cm³/mol. The summed E-state index contributed by atoms with van der Waals surface area (Å²) in [5.41, 5.74) is 2.68. The van der Waals surface area contributed by atoms with Gasteiger partial charge in [-0.25, -0.2) is 0 Å². The van der Waals surface area contributed by atoms with E-state index in [-0.39, 0.29) is 5.78 Å². The van der Waals surface area contributed by atoms with Crippen molar-refractivity contribution < 1.29 is 9.36 Å². The Kier molecular flexibility index (Phi) is 3.82. The maximum absolute atomic E-state index is 12.6. The third kappa shape index (κ3) is 2.69. The molecule has 0 aliphatic carbocycles. The van der Waals surface area contributed by atoms with E-state index in [0.29, 0.717) is 12.1 Å². The fourth-order valence-electron chi connectivity index (χ4n) is 2.91. The smallest absolute Gasteiger partial charge is 0.227 e. The lowest BCUT2D eigenvalue weighted by atomic mass is 10.1. The number of carbonyl (C=O) groups excluding carboxylic acids is 1. The molecule has 0 radical (unpaired) electrons. The van der Waals surface area contributed by atoms with Crippen molar-refractivity contribution in [3.05, 3.63) is 83.1 Å². The van der Waals surface area contributed by atoms with E-state index in [1.54, 1.807) is 6.20 Å². The molecule has 0 amide bonds. The molecule has 0 unspecified atom stereocenters. The summed E-state index contributed by atoms with van der Waals surface area (Å²) in [5.74, 6) is 0.0844. The molecular formula is C20H14BrN2O+. The molecule has 0 aliphatic rings. The molecule has 2 aromatic heterocycles. The molecule has 0 saturated heterocycles. The Bertz CT molecular complexity index is 1060. The first kappa shape index (κ1) is 15.0. The molecule has 0 N–H and O–H groups in total. The van der Waals surface area contributed by atoms with Gasteiger partial charge in [0.05, 0.1) is 10.9 Å². The maximum Gasteiger partial charge on any atom is 0.227 e. The third-order valence-corrected chi connectivity index (χ3v) is 4.64. The quantitative estimate of drug-likeness (QED) is 0.302. The number of nitrogens with zero attached hydrogens (tertiary/aromatic N) is 2. The first-order valence-corrected chi connectivity index (χ1v) is 8.46. The molecular weight excluding hydrogens is 364 g/mol. The Morgan fingerprint density at radius 2 is 1.83 bits per heavy atom. The monoisotopic (exact) mass is 377 g/mol. The lowest BCUT2D eigenvalue weighted by Crippen LogP contribution is -2.38. The topological polar surface area (TPSA) is 33.8 Å². The number of carbonyl (C=O) groups is 1. The molecule has 0 aliphatic heterocycles. The van der Waals surface area contributed by atoms with E-state index in [4.69, 9.17) is 0 Å². The van der Waals surface area contributed by atoms with Crippen molar-refractivity contribution in [3.63, 3.8) is 0 Å². The first-order chi connectivity index (χ1) is 11.7. The molecule has 2 aromatic carbocycles. The molecule has 24 heavy (non-hydrogen) atoms. The number of Topliss-reactive ketones (excluding diaryl/α,β-unsaturated/α-hetero) is 1. The normalized spacial score (nSPS) is 11.0. The minimum Gasteiger partial charge on any atom is -0.287 e. The molecule has 0 atom stereocenters. The highest BCUT2D eigenvalue weighted by Gasteiger charge is 2.16. The Labute approximate surface area is 147 Å². The number of halogens is 1. The van der Waals surface area contributed by atoms with E-state index in [2.05, 4.69) is 20.9 Å². The second-order valence-corrected chi connectivity index (χ2v) is 6.56. The van der Waals surface area contributed by atoms with Gasteiger partial charge in [0.15, 0.2) is 6.20 Å². The minimum absolute atomic E-state index is 0.0844.